The van der Waals surface area contributed by atoms with Gasteiger partial charge in [-0.2, -0.15) is 0 Å². The van der Waals surface area contributed by atoms with Crippen LogP contribution < -0.4 is 5.32 Å². The van der Waals surface area contributed by atoms with E-state index in [1.807, 2.05) is 35.0 Å². The minimum atomic E-state index is 0.0391. The van der Waals surface area contributed by atoms with E-state index in [1.54, 1.807) is 0 Å². The molecule has 1 aliphatic rings. The highest BCUT2D eigenvalue weighted by Crippen LogP contribution is 2.22. The molecule has 0 fully saturated rings. The van der Waals surface area contributed by atoms with Crippen LogP contribution in [0.4, 0.5) is 0 Å². The zero-order valence-corrected chi connectivity index (χ0v) is 10.6. The number of rotatable bonds is 1. The Labute approximate surface area is 107 Å². The van der Waals surface area contributed by atoms with Gasteiger partial charge in [0.15, 0.2) is 0 Å². The normalized spacial score (nSPS) is 14.3. The van der Waals surface area contributed by atoms with Crippen LogP contribution in [0, 0.1) is 0 Å². The van der Waals surface area contributed by atoms with Crippen molar-refractivity contribution in [1.29, 1.82) is 0 Å². The number of carbonyl (C=O) groups excluding carboxylic acids is 1. The summed E-state index contributed by atoms with van der Waals surface area (Å²) in [4.78, 5) is 15.8. The van der Waals surface area contributed by atoms with Crippen LogP contribution in [0.1, 0.15) is 5.82 Å². The largest absolute Gasteiger partial charge is 0.347 e. The monoisotopic (exact) mass is 291 g/mol. The lowest BCUT2D eigenvalue weighted by atomic mass is 10.2. The van der Waals surface area contributed by atoms with Crippen molar-refractivity contribution in [2.75, 3.05) is 0 Å². The van der Waals surface area contributed by atoms with Crippen molar-refractivity contribution in [3.05, 3.63) is 40.8 Å². The van der Waals surface area contributed by atoms with Crippen LogP contribution >= 0.6 is 15.9 Å². The average molecular weight is 292 g/mol. The number of hydrogen-bond acceptors (Lipinski definition) is 2. The number of nitrogens with zero attached hydrogens (tertiary/aromatic N) is 2. The first-order chi connectivity index (χ1) is 8.22. The Morgan fingerprint density at radius 2 is 2.06 bits per heavy atom. The maximum Gasteiger partial charge on any atom is 0.240 e. The summed E-state index contributed by atoms with van der Waals surface area (Å²) in [6.45, 7) is 0.869. The highest BCUT2D eigenvalue weighted by molar-refractivity contribution is 9.10. The number of amides is 1. The Bertz CT molecular complexity index is 574. The maximum atomic E-state index is 11.3. The molecule has 0 atom stereocenters. The molecule has 1 aromatic heterocycles. The summed E-state index contributed by atoms with van der Waals surface area (Å²) in [6, 6.07) is 7.98. The van der Waals surface area contributed by atoms with E-state index in [4.69, 9.17) is 0 Å². The first-order valence-electron chi connectivity index (χ1n) is 5.31. The topological polar surface area (TPSA) is 46.9 Å². The zero-order chi connectivity index (χ0) is 11.8. The minimum Gasteiger partial charge on any atom is -0.347 e. The van der Waals surface area contributed by atoms with Gasteiger partial charge in [-0.15, -0.1) is 0 Å². The van der Waals surface area contributed by atoms with Crippen molar-refractivity contribution in [2.45, 2.75) is 13.1 Å². The zero-order valence-electron chi connectivity index (χ0n) is 8.98. The van der Waals surface area contributed by atoms with Crippen LogP contribution in [0.3, 0.4) is 0 Å². The summed E-state index contributed by atoms with van der Waals surface area (Å²) >= 11 is 3.40. The predicted octanol–water partition coefficient (Wildman–Crippen LogP) is 1.94. The Morgan fingerprint density at radius 1 is 1.29 bits per heavy atom. The molecule has 5 heteroatoms. The van der Waals surface area contributed by atoms with E-state index in [0.717, 1.165) is 21.6 Å². The Morgan fingerprint density at radius 3 is 2.82 bits per heavy atom. The van der Waals surface area contributed by atoms with Crippen LogP contribution in [0.2, 0.25) is 0 Å². The number of imidazole rings is 1. The third-order valence-corrected chi connectivity index (χ3v) is 3.29. The van der Waals surface area contributed by atoms with E-state index in [9.17, 15) is 4.79 Å². The van der Waals surface area contributed by atoms with Crippen LogP contribution in [-0.4, -0.2) is 15.5 Å². The fraction of sp³-hybridized carbons (Fsp3) is 0.167. The number of aromatic nitrogens is 2. The molecule has 1 aliphatic heterocycles. The number of benzene rings is 1. The molecule has 17 heavy (non-hydrogen) atoms. The second kappa shape index (κ2) is 4.00. The van der Waals surface area contributed by atoms with E-state index in [1.165, 1.54) is 0 Å². The maximum absolute atomic E-state index is 11.3. The van der Waals surface area contributed by atoms with E-state index in [-0.39, 0.29) is 5.91 Å². The number of fused-ring (bicyclic) bond motifs is 1. The predicted molar refractivity (Wildman–Crippen MR) is 67.2 cm³/mol. The van der Waals surface area contributed by atoms with Gasteiger partial charge in [-0.05, 0) is 12.1 Å². The lowest BCUT2D eigenvalue weighted by Gasteiger charge is -2.13. The fourth-order valence-electron chi connectivity index (χ4n) is 1.88. The van der Waals surface area contributed by atoms with Crippen molar-refractivity contribution >= 4 is 21.8 Å². The molecule has 3 rings (SSSR count). The third kappa shape index (κ3) is 1.98. The van der Waals surface area contributed by atoms with Crippen LogP contribution in [0.15, 0.2) is 34.9 Å². The summed E-state index contributed by atoms with van der Waals surface area (Å²) < 4.78 is 2.94. The lowest BCUT2D eigenvalue weighted by molar-refractivity contribution is -0.122. The standard InChI is InChI=1S/C12H10BrN3O/c13-9-3-1-8(2-4-9)10-6-16-7-12(17)14-5-11(16)15-10/h1-4,6H,5,7H2,(H,14,17). The number of carbonyl (C=O) groups is 1. The summed E-state index contributed by atoms with van der Waals surface area (Å²) in [5.41, 5.74) is 1.96. The molecule has 1 amide bonds. The van der Waals surface area contributed by atoms with E-state index in [2.05, 4.69) is 26.2 Å². The molecule has 86 valence electrons. The average Bonchev–Trinajstić information content (AvgIpc) is 2.72. The summed E-state index contributed by atoms with van der Waals surface area (Å²) in [6.07, 6.45) is 1.93. The smallest absolute Gasteiger partial charge is 0.240 e. The van der Waals surface area contributed by atoms with Gasteiger partial charge in [0.25, 0.3) is 0 Å². The molecule has 4 nitrogen and oxygen atoms in total. The number of halogens is 1. The molecule has 0 unspecified atom stereocenters. The molecular formula is C12H10BrN3O. The molecular weight excluding hydrogens is 282 g/mol. The van der Waals surface area contributed by atoms with Gasteiger partial charge in [0.2, 0.25) is 5.91 Å². The highest BCUT2D eigenvalue weighted by Gasteiger charge is 2.17. The molecule has 2 heterocycles. The second-order valence-corrected chi connectivity index (χ2v) is 4.87. The highest BCUT2D eigenvalue weighted by atomic mass is 79.9. The van der Waals surface area contributed by atoms with Gasteiger partial charge in [0.05, 0.1) is 12.2 Å². The quantitative estimate of drug-likeness (QED) is 0.873. The van der Waals surface area contributed by atoms with Crippen molar-refractivity contribution in [3.8, 4) is 11.3 Å². The van der Waals surface area contributed by atoms with Crippen LogP contribution in [0.5, 0.6) is 0 Å². The van der Waals surface area contributed by atoms with Crippen LogP contribution in [0.25, 0.3) is 11.3 Å². The lowest BCUT2D eigenvalue weighted by Crippen LogP contribution is -2.33. The first kappa shape index (κ1) is 10.5. The van der Waals surface area contributed by atoms with Crippen molar-refractivity contribution < 1.29 is 4.79 Å². The van der Waals surface area contributed by atoms with Gasteiger partial charge in [0.1, 0.15) is 12.4 Å². The molecule has 1 aromatic carbocycles. The van der Waals surface area contributed by atoms with Gasteiger partial charge in [0, 0.05) is 16.2 Å². The molecule has 0 saturated heterocycles. The molecule has 0 bridgehead atoms. The fourth-order valence-corrected chi connectivity index (χ4v) is 2.14. The van der Waals surface area contributed by atoms with Crippen molar-refractivity contribution in [2.24, 2.45) is 0 Å². The number of hydrogen-bond donors (Lipinski definition) is 1. The first-order valence-corrected chi connectivity index (χ1v) is 6.10. The van der Waals surface area contributed by atoms with Gasteiger partial charge in [-0.25, -0.2) is 4.98 Å². The van der Waals surface area contributed by atoms with E-state index >= 15 is 0 Å². The minimum absolute atomic E-state index is 0.0391. The molecule has 0 aliphatic carbocycles. The van der Waals surface area contributed by atoms with Gasteiger partial charge < -0.3 is 9.88 Å². The van der Waals surface area contributed by atoms with Crippen molar-refractivity contribution in [3.63, 3.8) is 0 Å². The van der Waals surface area contributed by atoms with Gasteiger partial charge in [-0.1, -0.05) is 28.1 Å². The second-order valence-electron chi connectivity index (χ2n) is 3.95. The van der Waals surface area contributed by atoms with Crippen LogP contribution in [-0.2, 0) is 17.9 Å². The van der Waals surface area contributed by atoms with E-state index in [0.29, 0.717) is 13.1 Å². The summed E-state index contributed by atoms with van der Waals surface area (Å²) in [7, 11) is 0. The van der Waals surface area contributed by atoms with Crippen molar-refractivity contribution in [1.82, 2.24) is 14.9 Å². The Balaban J connectivity index is 1.99. The summed E-state index contributed by atoms with van der Waals surface area (Å²) in [5, 5.41) is 2.78. The number of nitrogens with one attached hydrogen (secondary N) is 1. The molecule has 1 N–H and O–H groups in total. The SMILES string of the molecule is O=C1Cn2cc(-c3ccc(Br)cc3)nc2CN1. The Kier molecular flexibility index (Phi) is 2.48. The summed E-state index contributed by atoms with van der Waals surface area (Å²) in [5.74, 6) is 0.944. The third-order valence-electron chi connectivity index (χ3n) is 2.76. The molecule has 0 radical (unpaired) electrons. The molecule has 0 saturated carbocycles. The van der Waals surface area contributed by atoms with Gasteiger partial charge in [-0.3, -0.25) is 4.79 Å². The molecule has 0 spiro atoms. The molecule has 2 aromatic rings. The van der Waals surface area contributed by atoms with E-state index < -0.39 is 0 Å². The van der Waals surface area contributed by atoms with Gasteiger partial charge >= 0.3 is 0 Å². The Hall–Kier alpha value is -1.62.